The van der Waals surface area contributed by atoms with E-state index in [1.54, 1.807) is 23.9 Å². The highest BCUT2D eigenvalue weighted by Gasteiger charge is 2.15. The fourth-order valence-corrected chi connectivity index (χ4v) is 3.75. The van der Waals surface area contributed by atoms with Crippen molar-refractivity contribution in [2.75, 3.05) is 12.4 Å². The normalized spacial score (nSPS) is 10.8. The number of benzene rings is 3. The lowest BCUT2D eigenvalue weighted by molar-refractivity contribution is 0.318. The second-order valence-corrected chi connectivity index (χ2v) is 7.41. The molecule has 6 heteroatoms. The number of nitrogens with zero attached hydrogens (tertiary/aromatic N) is 3. The highest BCUT2D eigenvalue weighted by atomic mass is 32.2. The zero-order chi connectivity index (χ0) is 19.9. The fraction of sp³-hybridized carbons (Fsp3) is 0.130. The molecular formula is C23H20FN3OS. The van der Waals surface area contributed by atoms with Crippen LogP contribution in [-0.4, -0.2) is 27.1 Å². The molecule has 0 unspecified atom stereocenters. The first kappa shape index (κ1) is 19.2. The van der Waals surface area contributed by atoms with Gasteiger partial charge in [-0.05, 0) is 42.8 Å². The topological polar surface area (TPSA) is 39.9 Å². The molecule has 0 radical (unpaired) electrons. The van der Waals surface area contributed by atoms with Gasteiger partial charge in [0.15, 0.2) is 11.0 Å². The van der Waals surface area contributed by atoms with E-state index < -0.39 is 0 Å². The average molecular weight is 405 g/mol. The van der Waals surface area contributed by atoms with Gasteiger partial charge in [-0.1, -0.05) is 60.3 Å². The molecule has 0 spiro atoms. The monoisotopic (exact) mass is 405 g/mol. The molecule has 3 aromatic carbocycles. The maximum absolute atomic E-state index is 12.9. The minimum absolute atomic E-state index is 0.262. The maximum atomic E-state index is 12.9. The van der Waals surface area contributed by atoms with E-state index in [2.05, 4.69) is 26.9 Å². The number of rotatable bonds is 8. The highest BCUT2D eigenvalue weighted by Crippen LogP contribution is 2.28. The Bertz CT molecular complexity index is 1040. The van der Waals surface area contributed by atoms with Crippen LogP contribution in [0.15, 0.2) is 90.1 Å². The molecule has 0 aliphatic heterocycles. The Morgan fingerprint density at radius 1 is 0.828 bits per heavy atom. The number of thioether (sulfide) groups is 1. The molecule has 0 saturated carbocycles. The summed E-state index contributed by atoms with van der Waals surface area (Å²) < 4.78 is 20.7. The zero-order valence-corrected chi connectivity index (χ0v) is 16.6. The van der Waals surface area contributed by atoms with E-state index in [4.69, 9.17) is 4.74 Å². The first-order valence-corrected chi connectivity index (χ1v) is 10.4. The lowest BCUT2D eigenvalue weighted by atomic mass is 10.2. The molecule has 0 fully saturated rings. The molecule has 29 heavy (non-hydrogen) atoms. The minimum atomic E-state index is -0.262. The Kier molecular flexibility index (Phi) is 6.22. The molecule has 1 aromatic heterocycles. The van der Waals surface area contributed by atoms with Gasteiger partial charge in [0.2, 0.25) is 0 Å². The van der Waals surface area contributed by atoms with Crippen LogP contribution in [-0.2, 0) is 0 Å². The van der Waals surface area contributed by atoms with Gasteiger partial charge >= 0.3 is 0 Å². The summed E-state index contributed by atoms with van der Waals surface area (Å²) in [5.41, 5.74) is 2.05. The third kappa shape index (κ3) is 4.84. The largest absolute Gasteiger partial charge is 0.494 e. The van der Waals surface area contributed by atoms with Crippen LogP contribution in [0.3, 0.4) is 0 Å². The van der Waals surface area contributed by atoms with Crippen LogP contribution in [0.5, 0.6) is 5.75 Å². The van der Waals surface area contributed by atoms with Crippen molar-refractivity contribution in [1.29, 1.82) is 0 Å². The van der Waals surface area contributed by atoms with E-state index >= 15 is 0 Å². The lowest BCUT2D eigenvalue weighted by Crippen LogP contribution is -2.02. The summed E-state index contributed by atoms with van der Waals surface area (Å²) in [5, 5.41) is 9.72. The molecule has 146 valence electrons. The van der Waals surface area contributed by atoms with Crippen molar-refractivity contribution in [2.45, 2.75) is 11.6 Å². The minimum Gasteiger partial charge on any atom is -0.494 e. The van der Waals surface area contributed by atoms with E-state index in [0.29, 0.717) is 12.4 Å². The van der Waals surface area contributed by atoms with Crippen molar-refractivity contribution in [1.82, 2.24) is 14.8 Å². The van der Waals surface area contributed by atoms with Gasteiger partial charge in [0, 0.05) is 17.0 Å². The van der Waals surface area contributed by atoms with Crippen LogP contribution in [0.4, 0.5) is 4.39 Å². The predicted molar refractivity (Wildman–Crippen MR) is 114 cm³/mol. The highest BCUT2D eigenvalue weighted by molar-refractivity contribution is 7.99. The zero-order valence-electron chi connectivity index (χ0n) is 15.7. The van der Waals surface area contributed by atoms with Crippen LogP contribution in [0.1, 0.15) is 6.42 Å². The van der Waals surface area contributed by atoms with Crippen molar-refractivity contribution in [3.05, 3.63) is 90.7 Å². The van der Waals surface area contributed by atoms with E-state index in [0.717, 1.165) is 34.4 Å². The number of halogens is 1. The number of para-hydroxylation sites is 1. The molecule has 0 aliphatic rings. The van der Waals surface area contributed by atoms with Crippen molar-refractivity contribution >= 4 is 11.8 Å². The van der Waals surface area contributed by atoms with Gasteiger partial charge in [-0.15, -0.1) is 10.2 Å². The first-order chi connectivity index (χ1) is 14.3. The van der Waals surface area contributed by atoms with Gasteiger partial charge in [0.25, 0.3) is 0 Å². The van der Waals surface area contributed by atoms with Gasteiger partial charge < -0.3 is 4.74 Å². The summed E-state index contributed by atoms with van der Waals surface area (Å²) in [6.45, 7) is 0.559. The Morgan fingerprint density at radius 3 is 2.24 bits per heavy atom. The van der Waals surface area contributed by atoms with Crippen LogP contribution in [0, 0.1) is 5.82 Å². The smallest absolute Gasteiger partial charge is 0.196 e. The molecule has 4 aromatic rings. The molecular weight excluding hydrogens is 385 g/mol. The van der Waals surface area contributed by atoms with Crippen LogP contribution in [0.2, 0.25) is 0 Å². The Labute approximate surface area is 173 Å². The fourth-order valence-electron chi connectivity index (χ4n) is 2.89. The predicted octanol–water partition coefficient (Wildman–Crippen LogP) is 5.63. The average Bonchev–Trinajstić information content (AvgIpc) is 3.20. The lowest BCUT2D eigenvalue weighted by Gasteiger charge is -2.10. The number of hydrogen-bond acceptors (Lipinski definition) is 4. The quantitative estimate of drug-likeness (QED) is 0.281. The summed E-state index contributed by atoms with van der Waals surface area (Å²) in [7, 11) is 0. The molecule has 0 N–H and O–H groups in total. The maximum Gasteiger partial charge on any atom is 0.196 e. The Balaban J connectivity index is 1.44. The van der Waals surface area contributed by atoms with E-state index in [9.17, 15) is 4.39 Å². The van der Waals surface area contributed by atoms with Gasteiger partial charge in [-0.2, -0.15) is 0 Å². The van der Waals surface area contributed by atoms with Crippen molar-refractivity contribution in [3.63, 3.8) is 0 Å². The van der Waals surface area contributed by atoms with Gasteiger partial charge in [-0.3, -0.25) is 4.57 Å². The molecule has 4 nitrogen and oxygen atoms in total. The molecule has 1 heterocycles. The third-order valence-corrected chi connectivity index (χ3v) is 5.30. The third-order valence-electron chi connectivity index (χ3n) is 4.28. The van der Waals surface area contributed by atoms with Crippen LogP contribution in [0.25, 0.3) is 17.1 Å². The summed E-state index contributed by atoms with van der Waals surface area (Å²) >= 11 is 1.64. The Morgan fingerprint density at radius 2 is 1.52 bits per heavy atom. The van der Waals surface area contributed by atoms with Crippen molar-refractivity contribution in [2.24, 2.45) is 0 Å². The summed E-state index contributed by atoms with van der Waals surface area (Å²) in [6.07, 6.45) is 0.838. The second kappa shape index (κ2) is 9.39. The molecule has 0 aliphatic carbocycles. The van der Waals surface area contributed by atoms with Crippen molar-refractivity contribution < 1.29 is 9.13 Å². The summed E-state index contributed by atoms with van der Waals surface area (Å²) in [5.74, 6) is 2.07. The van der Waals surface area contributed by atoms with E-state index in [-0.39, 0.29) is 5.82 Å². The molecule has 4 rings (SSSR count). The summed E-state index contributed by atoms with van der Waals surface area (Å²) in [6, 6.07) is 26.3. The molecule has 0 amide bonds. The number of hydrogen-bond donors (Lipinski definition) is 0. The van der Waals surface area contributed by atoms with Gasteiger partial charge in [0.05, 0.1) is 6.61 Å². The van der Waals surface area contributed by atoms with E-state index in [1.165, 1.54) is 12.1 Å². The number of aromatic nitrogens is 3. The SMILES string of the molecule is Fc1ccc(OCCCSc2nnc(-c3ccccc3)n2-c2ccccc2)cc1. The molecule has 0 atom stereocenters. The van der Waals surface area contributed by atoms with Gasteiger partial charge in [0.1, 0.15) is 11.6 Å². The summed E-state index contributed by atoms with van der Waals surface area (Å²) in [4.78, 5) is 0. The van der Waals surface area contributed by atoms with Gasteiger partial charge in [-0.25, -0.2) is 4.39 Å². The molecule has 0 bridgehead atoms. The second-order valence-electron chi connectivity index (χ2n) is 6.35. The Hall–Kier alpha value is -3.12. The van der Waals surface area contributed by atoms with Crippen molar-refractivity contribution in [3.8, 4) is 22.8 Å². The number of ether oxygens (including phenoxy) is 1. The first-order valence-electron chi connectivity index (χ1n) is 9.39. The van der Waals surface area contributed by atoms with E-state index in [1.807, 2.05) is 48.5 Å². The standard InChI is InChI=1S/C23H20FN3OS/c24-19-12-14-21(15-13-19)28-16-7-17-29-23-26-25-22(18-8-3-1-4-9-18)27(23)20-10-5-2-6-11-20/h1-6,8-15H,7,16-17H2. The van der Waals surface area contributed by atoms with Crippen LogP contribution < -0.4 is 4.74 Å². The van der Waals surface area contributed by atoms with Crippen LogP contribution >= 0.6 is 11.8 Å². The molecule has 0 saturated heterocycles.